The molecule has 6 nitrogen and oxygen atoms in total. The Kier molecular flexibility index (Phi) is 8.62. The van der Waals surface area contributed by atoms with Crippen LogP contribution < -0.4 is 20.1 Å². The van der Waals surface area contributed by atoms with E-state index in [1.807, 2.05) is 37.4 Å². The smallest absolute Gasteiger partial charge is 0.220 e. The van der Waals surface area contributed by atoms with E-state index in [0.717, 1.165) is 52.0 Å². The number of nitrogens with one attached hydrogen (secondary N) is 2. The summed E-state index contributed by atoms with van der Waals surface area (Å²) >= 11 is 0. The molecule has 0 unspecified atom stereocenters. The number of aliphatic hydroxyl groups excluding tert-OH is 1. The summed E-state index contributed by atoms with van der Waals surface area (Å²) in [7, 11) is 3.56. The lowest BCUT2D eigenvalue weighted by atomic mass is 9.92. The number of methoxy groups -OCH3 is 1. The number of hydrogen-bond donors (Lipinski definition) is 3. The highest BCUT2D eigenvalue weighted by molar-refractivity contribution is 5.72. The van der Waals surface area contributed by atoms with Crippen molar-refractivity contribution >= 4 is 0 Å². The molecular weight excluding hydrogens is 402 g/mol. The fourth-order valence-electron chi connectivity index (χ4n) is 3.71. The Bertz CT molecular complexity index is 1040. The Morgan fingerprint density at radius 1 is 0.875 bits per heavy atom. The van der Waals surface area contributed by atoms with Crippen molar-refractivity contribution in [2.75, 3.05) is 27.2 Å². The minimum atomic E-state index is 0.0377. The molecule has 0 atom stereocenters. The minimum Gasteiger partial charge on any atom is -0.481 e. The number of likely N-dealkylation sites (N-methyl/N-ethyl adjacent to an activating group) is 1. The number of rotatable bonds is 11. The van der Waals surface area contributed by atoms with E-state index in [4.69, 9.17) is 9.47 Å². The topological polar surface area (TPSA) is 75.6 Å². The average Bonchev–Trinajstić information content (AvgIpc) is 2.82. The maximum Gasteiger partial charge on any atom is 0.220 e. The number of pyridine rings is 1. The van der Waals surface area contributed by atoms with Crippen LogP contribution in [-0.2, 0) is 19.8 Å². The van der Waals surface area contributed by atoms with Gasteiger partial charge < -0.3 is 25.2 Å². The quantitative estimate of drug-likeness (QED) is 0.398. The van der Waals surface area contributed by atoms with E-state index in [-0.39, 0.29) is 6.61 Å². The van der Waals surface area contributed by atoms with Crippen molar-refractivity contribution < 1.29 is 14.6 Å². The molecule has 0 aliphatic heterocycles. The summed E-state index contributed by atoms with van der Waals surface area (Å²) in [6.45, 7) is 7.06. The van der Waals surface area contributed by atoms with Crippen LogP contribution in [0.4, 0.5) is 0 Å². The molecular formula is C26H33N3O3. The van der Waals surface area contributed by atoms with E-state index < -0.39 is 0 Å². The average molecular weight is 436 g/mol. The van der Waals surface area contributed by atoms with E-state index in [1.165, 1.54) is 0 Å². The van der Waals surface area contributed by atoms with E-state index in [1.54, 1.807) is 7.11 Å². The van der Waals surface area contributed by atoms with Crippen molar-refractivity contribution in [1.29, 1.82) is 0 Å². The lowest BCUT2D eigenvalue weighted by Crippen LogP contribution is -2.24. The summed E-state index contributed by atoms with van der Waals surface area (Å²) in [5, 5.41) is 16.1. The van der Waals surface area contributed by atoms with Crippen LogP contribution in [0.5, 0.6) is 11.8 Å². The number of ether oxygens (including phenoxy) is 2. The van der Waals surface area contributed by atoms with Gasteiger partial charge in [0.1, 0.15) is 6.61 Å². The van der Waals surface area contributed by atoms with Crippen molar-refractivity contribution in [2.24, 2.45) is 0 Å². The fraction of sp³-hybridized carbons (Fsp3) is 0.346. The Morgan fingerprint density at radius 3 is 2.22 bits per heavy atom. The van der Waals surface area contributed by atoms with Crippen molar-refractivity contribution in [2.45, 2.75) is 33.6 Å². The Labute approximate surface area is 190 Å². The molecule has 0 aliphatic rings. The third-order valence-electron chi connectivity index (χ3n) is 5.70. The van der Waals surface area contributed by atoms with Crippen molar-refractivity contribution in [3.63, 3.8) is 0 Å². The zero-order chi connectivity index (χ0) is 22.9. The molecule has 3 N–H and O–H groups in total. The van der Waals surface area contributed by atoms with E-state index in [0.29, 0.717) is 24.9 Å². The summed E-state index contributed by atoms with van der Waals surface area (Å²) in [6, 6.07) is 16.1. The van der Waals surface area contributed by atoms with Crippen LogP contribution in [0.15, 0.2) is 48.5 Å². The molecule has 170 valence electrons. The number of benzene rings is 2. The summed E-state index contributed by atoms with van der Waals surface area (Å²) in [5.74, 6) is 1.10. The molecule has 3 rings (SSSR count). The first-order valence-corrected chi connectivity index (χ1v) is 10.9. The van der Waals surface area contributed by atoms with Gasteiger partial charge in [-0.15, -0.1) is 0 Å². The van der Waals surface area contributed by atoms with Crippen molar-refractivity contribution in [1.82, 2.24) is 15.6 Å². The second kappa shape index (κ2) is 11.6. The highest BCUT2D eigenvalue weighted by atomic mass is 16.5. The number of nitrogens with zero attached hydrogens (tertiary/aromatic N) is 1. The predicted octanol–water partition coefficient (Wildman–Crippen LogP) is 3.75. The Balaban J connectivity index is 1.74. The second-order valence-corrected chi connectivity index (χ2v) is 7.72. The standard InChI is InChI=1S/C26H33N3O3/c1-18-21(16-30)7-5-9-23(18)24-10-6-8-22(19(24)2)17-32-25-12-11-20(26(29-25)31-4)15-28-14-13-27-3/h5-12,27-28,30H,13-17H2,1-4H3. The van der Waals surface area contributed by atoms with Crippen LogP contribution in [0.2, 0.25) is 0 Å². The van der Waals surface area contributed by atoms with Gasteiger partial charge in [0.15, 0.2) is 0 Å². The molecule has 1 heterocycles. The first-order valence-electron chi connectivity index (χ1n) is 10.9. The normalized spacial score (nSPS) is 10.9. The number of aliphatic hydroxyl groups is 1. The first kappa shape index (κ1) is 23.7. The van der Waals surface area contributed by atoms with Crippen LogP contribution in [0.25, 0.3) is 11.1 Å². The molecule has 0 fully saturated rings. The maximum atomic E-state index is 9.61. The van der Waals surface area contributed by atoms with Gasteiger partial charge in [-0.05, 0) is 60.3 Å². The highest BCUT2D eigenvalue weighted by Gasteiger charge is 2.12. The van der Waals surface area contributed by atoms with Gasteiger partial charge in [-0.25, -0.2) is 0 Å². The molecule has 6 heteroatoms. The third kappa shape index (κ3) is 5.65. The number of aromatic nitrogens is 1. The minimum absolute atomic E-state index is 0.0377. The van der Waals surface area contributed by atoms with Gasteiger partial charge in [0, 0.05) is 31.3 Å². The molecule has 0 saturated heterocycles. The monoisotopic (exact) mass is 435 g/mol. The second-order valence-electron chi connectivity index (χ2n) is 7.72. The molecule has 32 heavy (non-hydrogen) atoms. The molecule has 0 bridgehead atoms. The lowest BCUT2D eigenvalue weighted by molar-refractivity contribution is 0.281. The van der Waals surface area contributed by atoms with Crippen LogP contribution in [0.3, 0.4) is 0 Å². The SMILES string of the molecule is CNCCNCc1ccc(OCc2cccc(-c3cccc(CO)c3C)c2C)nc1OC. The summed E-state index contributed by atoms with van der Waals surface area (Å²) in [4.78, 5) is 4.52. The summed E-state index contributed by atoms with van der Waals surface area (Å²) < 4.78 is 11.5. The van der Waals surface area contributed by atoms with E-state index in [9.17, 15) is 5.11 Å². The van der Waals surface area contributed by atoms with E-state index in [2.05, 4.69) is 47.7 Å². The zero-order valence-electron chi connectivity index (χ0n) is 19.4. The van der Waals surface area contributed by atoms with Crippen LogP contribution in [0.1, 0.15) is 27.8 Å². The van der Waals surface area contributed by atoms with Gasteiger partial charge in [-0.2, -0.15) is 4.98 Å². The van der Waals surface area contributed by atoms with Crippen molar-refractivity contribution in [3.8, 4) is 22.9 Å². The van der Waals surface area contributed by atoms with Crippen LogP contribution in [-0.4, -0.2) is 37.3 Å². The van der Waals surface area contributed by atoms with E-state index >= 15 is 0 Å². The molecule has 0 amide bonds. The van der Waals surface area contributed by atoms with Gasteiger partial charge in [0.2, 0.25) is 11.8 Å². The molecule has 0 radical (unpaired) electrons. The fourth-order valence-corrected chi connectivity index (χ4v) is 3.71. The summed E-state index contributed by atoms with van der Waals surface area (Å²) in [6.07, 6.45) is 0. The molecule has 2 aromatic carbocycles. The Hall–Kier alpha value is -2.93. The maximum absolute atomic E-state index is 9.61. The van der Waals surface area contributed by atoms with Gasteiger partial charge >= 0.3 is 0 Å². The molecule has 0 saturated carbocycles. The van der Waals surface area contributed by atoms with Crippen LogP contribution in [0, 0.1) is 13.8 Å². The highest BCUT2D eigenvalue weighted by Crippen LogP contribution is 2.31. The summed E-state index contributed by atoms with van der Waals surface area (Å²) in [5.41, 5.74) is 7.56. The predicted molar refractivity (Wildman–Crippen MR) is 128 cm³/mol. The molecule has 3 aromatic rings. The van der Waals surface area contributed by atoms with Gasteiger partial charge in [-0.1, -0.05) is 36.4 Å². The van der Waals surface area contributed by atoms with Gasteiger partial charge in [0.05, 0.1) is 13.7 Å². The molecule has 0 spiro atoms. The zero-order valence-corrected chi connectivity index (χ0v) is 19.4. The van der Waals surface area contributed by atoms with Gasteiger partial charge in [-0.3, -0.25) is 0 Å². The molecule has 1 aromatic heterocycles. The third-order valence-corrected chi connectivity index (χ3v) is 5.70. The van der Waals surface area contributed by atoms with Crippen molar-refractivity contribution in [3.05, 3.63) is 76.3 Å². The largest absolute Gasteiger partial charge is 0.481 e. The molecule has 0 aliphatic carbocycles. The first-order chi connectivity index (χ1) is 15.6. The van der Waals surface area contributed by atoms with Crippen LogP contribution >= 0.6 is 0 Å². The number of hydrogen-bond acceptors (Lipinski definition) is 6. The van der Waals surface area contributed by atoms with Gasteiger partial charge in [0.25, 0.3) is 0 Å². The lowest BCUT2D eigenvalue weighted by Gasteiger charge is -2.16. The Morgan fingerprint density at radius 2 is 1.56 bits per heavy atom.